The first-order valence-corrected chi connectivity index (χ1v) is 6.47. The van der Waals surface area contributed by atoms with Gasteiger partial charge in [-0.05, 0) is 24.5 Å². The molecule has 0 aromatic heterocycles. The van der Waals surface area contributed by atoms with Crippen LogP contribution in [0.25, 0.3) is 0 Å². The normalized spacial score (nSPS) is 18.1. The molecule has 0 unspecified atom stereocenters. The van der Waals surface area contributed by atoms with Crippen LogP contribution in [0.1, 0.15) is 43.2 Å². The van der Waals surface area contributed by atoms with Crippen LogP contribution >= 0.6 is 0 Å². The highest BCUT2D eigenvalue weighted by atomic mass is 16.5. The van der Waals surface area contributed by atoms with E-state index in [-0.39, 0.29) is 0 Å². The van der Waals surface area contributed by atoms with E-state index >= 15 is 0 Å². The number of methoxy groups -OCH3 is 1. The van der Waals surface area contributed by atoms with Crippen molar-refractivity contribution in [1.29, 1.82) is 5.26 Å². The lowest BCUT2D eigenvalue weighted by Crippen LogP contribution is -2.33. The molecule has 0 atom stereocenters. The monoisotopic (exact) mass is 245 g/mol. The van der Waals surface area contributed by atoms with E-state index in [1.54, 1.807) is 13.2 Å². The van der Waals surface area contributed by atoms with E-state index < -0.39 is 5.60 Å². The Morgan fingerprint density at radius 3 is 2.67 bits per heavy atom. The molecule has 2 rings (SSSR count). The Morgan fingerprint density at radius 2 is 2.06 bits per heavy atom. The number of hydrogen-bond acceptors (Lipinski definition) is 3. The lowest BCUT2D eigenvalue weighted by Gasteiger charge is -2.32. The van der Waals surface area contributed by atoms with Gasteiger partial charge in [0.25, 0.3) is 0 Å². The van der Waals surface area contributed by atoms with Crippen molar-refractivity contribution in [2.45, 2.75) is 44.1 Å². The molecule has 1 fully saturated rings. The second-order valence-corrected chi connectivity index (χ2v) is 5.07. The van der Waals surface area contributed by atoms with Crippen molar-refractivity contribution >= 4 is 0 Å². The second-order valence-electron chi connectivity index (χ2n) is 5.07. The summed E-state index contributed by atoms with van der Waals surface area (Å²) >= 11 is 0. The van der Waals surface area contributed by atoms with Crippen molar-refractivity contribution in [1.82, 2.24) is 0 Å². The predicted molar refractivity (Wildman–Crippen MR) is 69.4 cm³/mol. The molecule has 0 bridgehead atoms. The van der Waals surface area contributed by atoms with E-state index in [0.717, 1.165) is 31.2 Å². The summed E-state index contributed by atoms with van der Waals surface area (Å²) < 4.78 is 5.32. The first-order chi connectivity index (χ1) is 8.68. The van der Waals surface area contributed by atoms with E-state index in [9.17, 15) is 5.11 Å². The first-order valence-electron chi connectivity index (χ1n) is 6.47. The smallest absolute Gasteiger partial charge is 0.139 e. The van der Waals surface area contributed by atoms with E-state index in [2.05, 4.69) is 6.07 Å². The molecule has 0 amide bonds. The molecule has 1 aliphatic rings. The van der Waals surface area contributed by atoms with E-state index in [0.29, 0.717) is 17.7 Å². The van der Waals surface area contributed by atoms with E-state index in [4.69, 9.17) is 10.00 Å². The van der Waals surface area contributed by atoms with Crippen LogP contribution in [0.5, 0.6) is 5.75 Å². The molecule has 1 N–H and O–H groups in total. The number of hydrogen-bond donors (Lipinski definition) is 1. The van der Waals surface area contributed by atoms with Crippen LogP contribution in [0.3, 0.4) is 0 Å². The summed E-state index contributed by atoms with van der Waals surface area (Å²) in [6.45, 7) is 0. The average Bonchev–Trinajstić information content (AvgIpc) is 2.38. The number of nitrogens with zero attached hydrogens (tertiary/aromatic N) is 1. The number of benzene rings is 1. The van der Waals surface area contributed by atoms with Gasteiger partial charge in [0, 0.05) is 6.42 Å². The highest BCUT2D eigenvalue weighted by Crippen LogP contribution is 2.34. The van der Waals surface area contributed by atoms with Crippen LogP contribution in [-0.2, 0) is 6.42 Å². The lowest BCUT2D eigenvalue weighted by atomic mass is 9.80. The lowest BCUT2D eigenvalue weighted by molar-refractivity contribution is 0.00404. The summed E-state index contributed by atoms with van der Waals surface area (Å²) in [5, 5.41) is 19.6. The number of rotatable bonds is 3. The molecule has 0 aliphatic heterocycles. The van der Waals surface area contributed by atoms with Crippen molar-refractivity contribution in [3.63, 3.8) is 0 Å². The van der Waals surface area contributed by atoms with Crippen LogP contribution in [0.2, 0.25) is 0 Å². The Balaban J connectivity index is 2.26. The summed E-state index contributed by atoms with van der Waals surface area (Å²) in [5.41, 5.74) is 0.843. The predicted octanol–water partition coefficient (Wildman–Crippen LogP) is 2.80. The molecular weight excluding hydrogens is 226 g/mol. The number of ether oxygens (including phenoxy) is 1. The summed E-state index contributed by atoms with van der Waals surface area (Å²) in [6.07, 6.45) is 5.62. The highest BCUT2D eigenvalue weighted by molar-refractivity contribution is 5.48. The topological polar surface area (TPSA) is 53.2 Å². The van der Waals surface area contributed by atoms with Gasteiger partial charge in [0.05, 0.1) is 18.3 Å². The maximum Gasteiger partial charge on any atom is 0.139 e. The maximum atomic E-state index is 10.6. The van der Waals surface area contributed by atoms with Crippen LogP contribution < -0.4 is 4.74 Å². The van der Waals surface area contributed by atoms with Crippen LogP contribution in [0.15, 0.2) is 18.2 Å². The molecule has 1 saturated carbocycles. The number of para-hydroxylation sites is 1. The van der Waals surface area contributed by atoms with Gasteiger partial charge < -0.3 is 9.84 Å². The zero-order valence-corrected chi connectivity index (χ0v) is 10.8. The largest absolute Gasteiger partial charge is 0.495 e. The average molecular weight is 245 g/mol. The molecule has 0 radical (unpaired) electrons. The van der Waals surface area contributed by atoms with Gasteiger partial charge in [0.15, 0.2) is 0 Å². The van der Waals surface area contributed by atoms with Crippen LogP contribution in [0.4, 0.5) is 0 Å². The van der Waals surface area contributed by atoms with Crippen molar-refractivity contribution < 1.29 is 9.84 Å². The Labute approximate surface area is 108 Å². The fourth-order valence-electron chi connectivity index (χ4n) is 2.79. The molecule has 18 heavy (non-hydrogen) atoms. The molecule has 1 aromatic carbocycles. The van der Waals surface area contributed by atoms with Gasteiger partial charge in [-0.25, -0.2) is 0 Å². The van der Waals surface area contributed by atoms with Crippen molar-refractivity contribution in [2.75, 3.05) is 7.11 Å². The standard InChI is InChI=1S/C15H19NO2/c1-18-14-12(6-5-7-13(14)11-16)10-15(17)8-3-2-4-9-15/h5-7,17H,2-4,8-10H2,1H3. The van der Waals surface area contributed by atoms with Gasteiger partial charge >= 0.3 is 0 Å². The summed E-state index contributed by atoms with van der Waals surface area (Å²) in [6, 6.07) is 7.66. The molecule has 0 saturated heterocycles. The van der Waals surface area contributed by atoms with Gasteiger partial charge in [-0.2, -0.15) is 5.26 Å². The molecular formula is C15H19NO2. The van der Waals surface area contributed by atoms with Gasteiger partial charge in [0.2, 0.25) is 0 Å². The Kier molecular flexibility index (Phi) is 3.88. The number of aliphatic hydroxyl groups is 1. The summed E-state index contributed by atoms with van der Waals surface area (Å²) in [7, 11) is 1.57. The molecule has 0 spiro atoms. The summed E-state index contributed by atoms with van der Waals surface area (Å²) in [4.78, 5) is 0. The number of nitriles is 1. The molecule has 0 heterocycles. The Hall–Kier alpha value is -1.53. The maximum absolute atomic E-state index is 10.6. The Bertz CT molecular complexity index is 456. The van der Waals surface area contributed by atoms with Crippen LogP contribution in [0, 0.1) is 11.3 Å². The first kappa shape index (κ1) is 12.9. The second kappa shape index (κ2) is 5.41. The van der Waals surface area contributed by atoms with Crippen molar-refractivity contribution in [3.05, 3.63) is 29.3 Å². The van der Waals surface area contributed by atoms with Gasteiger partial charge in [0.1, 0.15) is 11.8 Å². The third-order valence-electron chi connectivity index (χ3n) is 3.72. The third-order valence-corrected chi connectivity index (χ3v) is 3.72. The van der Waals surface area contributed by atoms with Crippen molar-refractivity contribution in [2.24, 2.45) is 0 Å². The molecule has 96 valence electrons. The zero-order valence-electron chi connectivity index (χ0n) is 10.8. The molecule has 1 aliphatic carbocycles. The minimum Gasteiger partial charge on any atom is -0.495 e. The Morgan fingerprint density at radius 1 is 1.33 bits per heavy atom. The third kappa shape index (κ3) is 2.65. The van der Waals surface area contributed by atoms with E-state index in [1.807, 2.05) is 12.1 Å². The summed E-state index contributed by atoms with van der Waals surface area (Å²) in [5.74, 6) is 0.610. The zero-order chi connectivity index (χ0) is 13.0. The quantitative estimate of drug-likeness (QED) is 0.890. The van der Waals surface area contributed by atoms with Crippen molar-refractivity contribution in [3.8, 4) is 11.8 Å². The van der Waals surface area contributed by atoms with E-state index in [1.165, 1.54) is 6.42 Å². The van der Waals surface area contributed by atoms with Crippen LogP contribution in [-0.4, -0.2) is 17.8 Å². The SMILES string of the molecule is COc1c(C#N)cccc1CC1(O)CCCCC1. The minimum atomic E-state index is -0.625. The minimum absolute atomic E-state index is 0.536. The highest BCUT2D eigenvalue weighted by Gasteiger charge is 2.30. The fraction of sp³-hybridized carbons (Fsp3) is 0.533. The van der Waals surface area contributed by atoms with Gasteiger partial charge in [-0.1, -0.05) is 31.4 Å². The molecule has 3 heteroatoms. The van der Waals surface area contributed by atoms with Gasteiger partial charge in [-0.15, -0.1) is 0 Å². The molecule has 1 aromatic rings. The fourth-order valence-corrected chi connectivity index (χ4v) is 2.79. The molecule has 3 nitrogen and oxygen atoms in total. The van der Waals surface area contributed by atoms with Gasteiger partial charge in [-0.3, -0.25) is 0 Å².